The van der Waals surface area contributed by atoms with Crippen molar-refractivity contribution in [1.29, 1.82) is 0 Å². The van der Waals surface area contributed by atoms with E-state index in [2.05, 4.69) is 26.2 Å². The van der Waals surface area contributed by atoms with Gasteiger partial charge in [-0.15, -0.1) is 0 Å². The molecule has 0 aliphatic rings. The van der Waals surface area contributed by atoms with Gasteiger partial charge in [0.05, 0.1) is 0 Å². The summed E-state index contributed by atoms with van der Waals surface area (Å²) in [6.45, 7) is 1.47. The zero-order valence-corrected chi connectivity index (χ0v) is 9.71. The zero-order valence-electron chi connectivity index (χ0n) is 8.12. The lowest BCUT2D eigenvalue weighted by molar-refractivity contribution is -0.114. The minimum atomic E-state index is -0.120. The van der Waals surface area contributed by atoms with Gasteiger partial charge in [0, 0.05) is 23.0 Å². The van der Waals surface area contributed by atoms with E-state index in [9.17, 15) is 4.79 Å². The molecular weight excluding hydrogens is 256 g/mol. The second-order valence-corrected chi connectivity index (χ2v) is 4.03. The second kappa shape index (κ2) is 3.98. The fraction of sp³-hybridized carbons (Fsp3) is 0.0909. The Labute approximate surface area is 95.6 Å². The Balaban J connectivity index is 2.68. The summed E-state index contributed by atoms with van der Waals surface area (Å²) in [6.07, 6.45) is 1.68. The topological polar surface area (TPSA) is 42.0 Å². The molecule has 15 heavy (non-hydrogen) atoms. The molecule has 1 aromatic heterocycles. The lowest BCUT2D eigenvalue weighted by atomic mass is 10.1. The van der Waals surface area contributed by atoms with Gasteiger partial charge in [0.25, 0.3) is 0 Å². The SMILES string of the molecule is CC(=O)Nc1nccc2cccc(Br)c12. The molecule has 4 heteroatoms. The summed E-state index contributed by atoms with van der Waals surface area (Å²) < 4.78 is 0.928. The first-order valence-corrected chi connectivity index (χ1v) is 5.28. The molecular formula is C11H9BrN2O. The molecule has 0 fully saturated rings. The maximum atomic E-state index is 11.0. The fourth-order valence-electron chi connectivity index (χ4n) is 1.45. The molecule has 0 atom stereocenters. The largest absolute Gasteiger partial charge is 0.310 e. The quantitative estimate of drug-likeness (QED) is 0.861. The van der Waals surface area contributed by atoms with Gasteiger partial charge in [-0.05, 0) is 17.5 Å². The molecule has 1 aromatic carbocycles. The number of aromatic nitrogens is 1. The third kappa shape index (κ3) is 1.99. The maximum Gasteiger partial charge on any atom is 0.222 e. The number of halogens is 1. The van der Waals surface area contributed by atoms with E-state index >= 15 is 0 Å². The Morgan fingerprint density at radius 1 is 1.40 bits per heavy atom. The van der Waals surface area contributed by atoms with E-state index in [1.165, 1.54) is 6.92 Å². The number of rotatable bonds is 1. The molecule has 2 aromatic rings. The maximum absolute atomic E-state index is 11.0. The van der Waals surface area contributed by atoms with Gasteiger partial charge < -0.3 is 5.32 Å². The number of nitrogens with one attached hydrogen (secondary N) is 1. The van der Waals surface area contributed by atoms with Crippen LogP contribution in [0.2, 0.25) is 0 Å². The number of benzene rings is 1. The normalized spacial score (nSPS) is 10.3. The van der Waals surface area contributed by atoms with Crippen LogP contribution in [0.5, 0.6) is 0 Å². The number of carbonyl (C=O) groups is 1. The molecule has 0 unspecified atom stereocenters. The van der Waals surface area contributed by atoms with Gasteiger partial charge in [-0.25, -0.2) is 4.98 Å². The summed E-state index contributed by atoms with van der Waals surface area (Å²) in [6, 6.07) is 7.76. The fourth-order valence-corrected chi connectivity index (χ4v) is 2.02. The number of pyridine rings is 1. The molecule has 0 radical (unpaired) electrons. The van der Waals surface area contributed by atoms with Crippen molar-refractivity contribution in [2.24, 2.45) is 0 Å². The van der Waals surface area contributed by atoms with Crippen molar-refractivity contribution in [2.45, 2.75) is 6.92 Å². The Morgan fingerprint density at radius 3 is 2.93 bits per heavy atom. The number of nitrogens with zero attached hydrogens (tertiary/aromatic N) is 1. The molecule has 76 valence electrons. The molecule has 0 saturated heterocycles. The van der Waals surface area contributed by atoms with Crippen molar-refractivity contribution >= 4 is 38.4 Å². The highest BCUT2D eigenvalue weighted by Crippen LogP contribution is 2.28. The van der Waals surface area contributed by atoms with Crippen molar-refractivity contribution < 1.29 is 4.79 Å². The van der Waals surface area contributed by atoms with Crippen molar-refractivity contribution in [1.82, 2.24) is 4.98 Å². The Hall–Kier alpha value is -1.42. The van der Waals surface area contributed by atoms with E-state index < -0.39 is 0 Å². The Morgan fingerprint density at radius 2 is 2.20 bits per heavy atom. The summed E-state index contributed by atoms with van der Waals surface area (Å²) in [5.74, 6) is 0.471. The summed E-state index contributed by atoms with van der Waals surface area (Å²) in [7, 11) is 0. The molecule has 0 aliphatic heterocycles. The molecule has 0 aliphatic carbocycles. The van der Waals surface area contributed by atoms with Crippen LogP contribution in [0.3, 0.4) is 0 Å². The molecule has 0 bridgehead atoms. The monoisotopic (exact) mass is 264 g/mol. The Kier molecular flexibility index (Phi) is 2.68. The van der Waals surface area contributed by atoms with Crippen LogP contribution in [0.4, 0.5) is 5.82 Å². The first-order chi connectivity index (χ1) is 7.18. The lowest BCUT2D eigenvalue weighted by Gasteiger charge is -2.06. The van der Waals surface area contributed by atoms with Crippen LogP contribution in [0.15, 0.2) is 34.9 Å². The molecule has 1 amide bonds. The predicted octanol–water partition coefficient (Wildman–Crippen LogP) is 2.96. The van der Waals surface area contributed by atoms with Crippen LogP contribution in [0, 0.1) is 0 Å². The van der Waals surface area contributed by atoms with Crippen LogP contribution in [0.25, 0.3) is 10.8 Å². The summed E-state index contributed by atoms with van der Waals surface area (Å²) in [5, 5.41) is 4.68. The van der Waals surface area contributed by atoms with E-state index in [0.717, 1.165) is 15.2 Å². The first-order valence-electron chi connectivity index (χ1n) is 4.49. The number of hydrogen-bond acceptors (Lipinski definition) is 2. The molecule has 2 rings (SSSR count). The van der Waals surface area contributed by atoms with Gasteiger partial charge in [0.15, 0.2) is 0 Å². The van der Waals surface area contributed by atoms with Crippen LogP contribution in [-0.4, -0.2) is 10.9 Å². The average Bonchev–Trinajstić information content (AvgIpc) is 2.17. The lowest BCUT2D eigenvalue weighted by Crippen LogP contribution is -2.07. The molecule has 3 nitrogen and oxygen atoms in total. The number of hydrogen-bond donors (Lipinski definition) is 1. The van der Waals surface area contributed by atoms with Crippen LogP contribution in [-0.2, 0) is 4.79 Å². The third-order valence-electron chi connectivity index (χ3n) is 2.03. The van der Waals surface area contributed by atoms with E-state index in [-0.39, 0.29) is 5.91 Å². The molecule has 1 N–H and O–H groups in total. The highest BCUT2D eigenvalue weighted by molar-refractivity contribution is 9.10. The molecule has 0 saturated carbocycles. The van der Waals surface area contributed by atoms with Crippen LogP contribution >= 0.6 is 15.9 Å². The van der Waals surface area contributed by atoms with Gasteiger partial charge in [-0.1, -0.05) is 28.1 Å². The van der Waals surface area contributed by atoms with Crippen molar-refractivity contribution in [2.75, 3.05) is 5.32 Å². The van der Waals surface area contributed by atoms with Crippen LogP contribution < -0.4 is 5.32 Å². The first kappa shape index (κ1) is 10.1. The smallest absolute Gasteiger partial charge is 0.222 e. The van der Waals surface area contributed by atoms with Crippen molar-refractivity contribution in [3.63, 3.8) is 0 Å². The number of anilines is 1. The van der Waals surface area contributed by atoms with Gasteiger partial charge in [0.2, 0.25) is 5.91 Å². The van der Waals surface area contributed by atoms with Crippen molar-refractivity contribution in [3.05, 3.63) is 34.9 Å². The van der Waals surface area contributed by atoms with E-state index in [1.54, 1.807) is 6.20 Å². The van der Waals surface area contributed by atoms with Crippen LogP contribution in [0.1, 0.15) is 6.92 Å². The van der Waals surface area contributed by atoms with Gasteiger partial charge in [0.1, 0.15) is 5.82 Å². The number of carbonyl (C=O) groups excluding carboxylic acids is 1. The molecule has 0 spiro atoms. The van der Waals surface area contributed by atoms with Crippen molar-refractivity contribution in [3.8, 4) is 0 Å². The standard InChI is InChI=1S/C11H9BrN2O/c1-7(15)14-11-10-8(5-6-13-11)3-2-4-9(10)12/h2-6H,1H3,(H,13,14,15). The van der Waals surface area contributed by atoms with E-state index in [1.807, 2.05) is 24.3 Å². The predicted molar refractivity (Wildman–Crippen MR) is 63.7 cm³/mol. The minimum Gasteiger partial charge on any atom is -0.310 e. The summed E-state index contributed by atoms with van der Waals surface area (Å²) in [4.78, 5) is 15.1. The van der Waals surface area contributed by atoms with Gasteiger partial charge >= 0.3 is 0 Å². The minimum absolute atomic E-state index is 0.120. The van der Waals surface area contributed by atoms with E-state index in [4.69, 9.17) is 0 Å². The van der Waals surface area contributed by atoms with E-state index in [0.29, 0.717) is 5.82 Å². The highest BCUT2D eigenvalue weighted by atomic mass is 79.9. The van der Waals surface area contributed by atoms with Gasteiger partial charge in [-0.3, -0.25) is 4.79 Å². The number of fused-ring (bicyclic) bond motifs is 1. The second-order valence-electron chi connectivity index (χ2n) is 3.18. The highest BCUT2D eigenvalue weighted by Gasteiger charge is 2.06. The summed E-state index contributed by atoms with van der Waals surface area (Å²) >= 11 is 3.45. The number of amides is 1. The molecule has 1 heterocycles. The third-order valence-corrected chi connectivity index (χ3v) is 2.70. The van der Waals surface area contributed by atoms with Gasteiger partial charge in [-0.2, -0.15) is 0 Å². The Bertz CT molecular complexity index is 520. The zero-order chi connectivity index (χ0) is 10.8. The average molecular weight is 265 g/mol. The summed E-state index contributed by atoms with van der Waals surface area (Å²) in [5.41, 5.74) is 0.